The van der Waals surface area contributed by atoms with E-state index in [2.05, 4.69) is 10.7 Å². The monoisotopic (exact) mass is 421 g/mol. The van der Waals surface area contributed by atoms with Gasteiger partial charge in [0.15, 0.2) is 23.3 Å². The van der Waals surface area contributed by atoms with Crippen molar-refractivity contribution >= 4 is 17.5 Å². The molecule has 0 aromatic heterocycles. The number of nitrogens with zero attached hydrogens (tertiary/aromatic N) is 1. The Morgan fingerprint density at radius 1 is 1.18 bits per heavy atom. The van der Waals surface area contributed by atoms with E-state index in [1.165, 1.54) is 20.8 Å². The maximum Gasteiger partial charge on any atom is 0.222 e. The van der Waals surface area contributed by atoms with Crippen molar-refractivity contribution in [1.29, 1.82) is 0 Å². The minimum Gasteiger partial charge on any atom is -0.352 e. The zero-order valence-corrected chi connectivity index (χ0v) is 17.2. The normalized spacial score (nSPS) is 19.8. The molecule has 1 amide bonds. The average molecular weight is 422 g/mol. The Labute approximate surface area is 166 Å². The van der Waals surface area contributed by atoms with Gasteiger partial charge >= 0.3 is 0 Å². The van der Waals surface area contributed by atoms with Crippen LogP contribution in [0.25, 0.3) is 0 Å². The Kier molecular flexibility index (Phi) is 6.35. The molecule has 156 valence electrons. The van der Waals surface area contributed by atoms with Gasteiger partial charge in [0.1, 0.15) is 0 Å². The summed E-state index contributed by atoms with van der Waals surface area (Å²) >= 11 is 6.20. The third kappa shape index (κ3) is 4.12. The number of carbonyl (C=O) groups excluding carboxylic acids is 1. The molecule has 0 radical (unpaired) electrons. The van der Waals surface area contributed by atoms with Gasteiger partial charge in [-0.3, -0.25) is 4.79 Å². The summed E-state index contributed by atoms with van der Waals surface area (Å²) in [6.45, 7) is 5.47. The molecular formula is C19H24ClF4N3O. The van der Waals surface area contributed by atoms with Crippen LogP contribution < -0.4 is 10.7 Å². The molecule has 9 heteroatoms. The molecule has 0 bridgehead atoms. The Balaban J connectivity index is 2.21. The number of nitrogens with one attached hydrogen (secondary N) is 2. The van der Waals surface area contributed by atoms with Crippen molar-refractivity contribution in [2.75, 3.05) is 7.05 Å². The Morgan fingerprint density at radius 3 is 2.11 bits per heavy atom. The van der Waals surface area contributed by atoms with Gasteiger partial charge in [0.05, 0.1) is 17.0 Å². The van der Waals surface area contributed by atoms with E-state index in [9.17, 15) is 22.4 Å². The van der Waals surface area contributed by atoms with E-state index in [4.69, 9.17) is 11.6 Å². The highest BCUT2D eigenvalue weighted by Gasteiger charge is 2.39. The first-order valence-electron chi connectivity index (χ1n) is 8.84. The summed E-state index contributed by atoms with van der Waals surface area (Å²) < 4.78 is 57.4. The first kappa shape index (κ1) is 22.5. The first-order valence-corrected chi connectivity index (χ1v) is 9.22. The van der Waals surface area contributed by atoms with Crippen molar-refractivity contribution in [1.82, 2.24) is 15.8 Å². The van der Waals surface area contributed by atoms with E-state index >= 15 is 0 Å². The van der Waals surface area contributed by atoms with E-state index < -0.39 is 57.8 Å². The standard InChI is InChI=1S/C19H24ClF4N3O/c1-6-19(11(20)9-27(5)26-19)7-12(28)25-8-10-14(21)16(23)13(18(2,3)4)17(24)15(10)22/h9,26H,6-8H2,1-5H3,(H,25,28). The molecule has 0 spiro atoms. The Morgan fingerprint density at radius 2 is 1.71 bits per heavy atom. The van der Waals surface area contributed by atoms with Gasteiger partial charge in [-0.15, -0.1) is 0 Å². The van der Waals surface area contributed by atoms with Crippen LogP contribution in [0.1, 0.15) is 51.7 Å². The number of hydrogen-bond donors (Lipinski definition) is 2. The van der Waals surface area contributed by atoms with Crippen LogP contribution in [0.15, 0.2) is 11.2 Å². The summed E-state index contributed by atoms with van der Waals surface area (Å²) in [5.41, 5.74) is -0.463. The minimum atomic E-state index is -1.51. The molecule has 4 nitrogen and oxygen atoms in total. The second-order valence-electron chi connectivity index (χ2n) is 7.95. The maximum atomic E-state index is 14.4. The van der Waals surface area contributed by atoms with E-state index in [1.807, 2.05) is 6.92 Å². The Hall–Kier alpha value is -1.80. The summed E-state index contributed by atoms with van der Waals surface area (Å²) in [4.78, 5) is 12.3. The fourth-order valence-electron chi connectivity index (χ4n) is 3.23. The van der Waals surface area contributed by atoms with Crippen LogP contribution >= 0.6 is 11.6 Å². The van der Waals surface area contributed by atoms with Crippen LogP contribution in [0.3, 0.4) is 0 Å². The van der Waals surface area contributed by atoms with E-state index in [1.54, 1.807) is 18.3 Å². The predicted molar refractivity (Wildman–Crippen MR) is 99.3 cm³/mol. The summed E-state index contributed by atoms with van der Waals surface area (Å²) in [5, 5.41) is 4.34. The number of benzene rings is 1. The van der Waals surface area contributed by atoms with Crippen molar-refractivity contribution in [3.05, 3.63) is 45.6 Å². The van der Waals surface area contributed by atoms with Gasteiger partial charge in [-0.25, -0.2) is 23.0 Å². The lowest BCUT2D eigenvalue weighted by atomic mass is 9.85. The molecule has 2 N–H and O–H groups in total. The van der Waals surface area contributed by atoms with Gasteiger partial charge in [-0.05, 0) is 11.8 Å². The van der Waals surface area contributed by atoms with Crippen molar-refractivity contribution in [3.63, 3.8) is 0 Å². The fourth-order valence-corrected chi connectivity index (χ4v) is 3.62. The smallest absolute Gasteiger partial charge is 0.222 e. The van der Waals surface area contributed by atoms with Gasteiger partial charge < -0.3 is 10.3 Å². The van der Waals surface area contributed by atoms with Crippen LogP contribution in [-0.4, -0.2) is 23.5 Å². The summed E-state index contributed by atoms with van der Waals surface area (Å²) in [5.74, 6) is -6.50. The molecule has 0 saturated heterocycles. The molecule has 0 fully saturated rings. The van der Waals surface area contributed by atoms with Gasteiger partial charge in [0.2, 0.25) is 5.91 Å². The topological polar surface area (TPSA) is 44.4 Å². The minimum absolute atomic E-state index is 0.114. The zero-order valence-electron chi connectivity index (χ0n) is 16.4. The first-order chi connectivity index (χ1) is 12.8. The fraction of sp³-hybridized carbons (Fsp3) is 0.526. The van der Waals surface area contributed by atoms with E-state index in [-0.39, 0.29) is 6.42 Å². The predicted octanol–water partition coefficient (Wildman–Crippen LogP) is 4.23. The Bertz CT molecular complexity index is 793. The van der Waals surface area contributed by atoms with Gasteiger partial charge in [-0.1, -0.05) is 39.3 Å². The quantitative estimate of drug-likeness (QED) is 0.552. The van der Waals surface area contributed by atoms with E-state index in [0.29, 0.717) is 11.5 Å². The number of hydrazine groups is 1. The van der Waals surface area contributed by atoms with Crippen LogP contribution in [0.2, 0.25) is 0 Å². The molecule has 0 saturated carbocycles. The third-order valence-electron chi connectivity index (χ3n) is 4.79. The molecule has 2 rings (SSSR count). The van der Waals surface area contributed by atoms with Gasteiger partial charge in [0.25, 0.3) is 0 Å². The molecule has 1 atom stereocenters. The van der Waals surface area contributed by atoms with Crippen LogP contribution in [0.5, 0.6) is 0 Å². The lowest BCUT2D eigenvalue weighted by Gasteiger charge is -2.29. The summed E-state index contributed by atoms with van der Waals surface area (Å²) in [7, 11) is 1.71. The van der Waals surface area contributed by atoms with Gasteiger partial charge in [0, 0.05) is 30.9 Å². The van der Waals surface area contributed by atoms with Crippen molar-refractivity contribution in [3.8, 4) is 0 Å². The zero-order chi connectivity index (χ0) is 21.4. The highest BCUT2D eigenvalue weighted by molar-refractivity contribution is 6.31. The lowest BCUT2D eigenvalue weighted by Crippen LogP contribution is -2.49. The van der Waals surface area contributed by atoms with Gasteiger partial charge in [-0.2, -0.15) is 0 Å². The molecule has 28 heavy (non-hydrogen) atoms. The second-order valence-corrected chi connectivity index (χ2v) is 8.36. The third-order valence-corrected chi connectivity index (χ3v) is 5.25. The summed E-state index contributed by atoms with van der Waals surface area (Å²) in [6.07, 6.45) is 1.98. The number of halogens is 5. The molecule has 1 heterocycles. The highest BCUT2D eigenvalue weighted by Crippen LogP contribution is 2.34. The molecular weight excluding hydrogens is 398 g/mol. The molecule has 1 aromatic carbocycles. The highest BCUT2D eigenvalue weighted by atomic mass is 35.5. The summed E-state index contributed by atoms with van der Waals surface area (Å²) in [6, 6.07) is 0. The van der Waals surface area contributed by atoms with Crippen molar-refractivity contribution < 1.29 is 22.4 Å². The average Bonchev–Trinajstić information content (AvgIpc) is 2.85. The second kappa shape index (κ2) is 7.91. The molecule has 1 aliphatic heterocycles. The van der Waals surface area contributed by atoms with Crippen LogP contribution in [0, 0.1) is 23.3 Å². The number of rotatable bonds is 5. The lowest BCUT2D eigenvalue weighted by molar-refractivity contribution is -0.122. The molecule has 1 unspecified atom stereocenters. The number of carbonyl (C=O) groups is 1. The molecule has 1 aromatic rings. The number of hydrogen-bond acceptors (Lipinski definition) is 3. The van der Waals surface area contributed by atoms with Crippen molar-refractivity contribution in [2.45, 2.75) is 58.0 Å². The maximum absolute atomic E-state index is 14.4. The molecule has 1 aliphatic rings. The van der Waals surface area contributed by atoms with Crippen LogP contribution in [0.4, 0.5) is 17.6 Å². The number of amides is 1. The largest absolute Gasteiger partial charge is 0.352 e. The van der Waals surface area contributed by atoms with Crippen molar-refractivity contribution in [2.24, 2.45) is 0 Å². The van der Waals surface area contributed by atoms with Crippen LogP contribution in [-0.2, 0) is 16.8 Å². The molecule has 0 aliphatic carbocycles. The SMILES string of the molecule is CCC1(CC(=O)NCc2c(F)c(F)c(C(C)(C)C)c(F)c2F)NN(C)C=C1Cl. The van der Waals surface area contributed by atoms with E-state index in [0.717, 1.165) is 0 Å².